The molecule has 0 aliphatic carbocycles. The van der Waals surface area contributed by atoms with Gasteiger partial charge in [-0.1, -0.05) is 55.8 Å². The number of hydrogen-bond acceptors (Lipinski definition) is 7. The number of nitrogens with two attached hydrogens (primary N) is 1. The maximum Gasteiger partial charge on any atom is 0.326 e. The van der Waals surface area contributed by atoms with Gasteiger partial charge in [-0.05, 0) is 17.9 Å². The van der Waals surface area contributed by atoms with Gasteiger partial charge in [-0.3, -0.25) is 0 Å². The number of carboxylic acids is 1. The van der Waals surface area contributed by atoms with E-state index in [-0.39, 0.29) is 17.6 Å². The molecule has 158 valence electrons. The number of urea groups is 1. The Hall–Kier alpha value is -2.59. The average Bonchev–Trinajstić information content (AvgIpc) is 3.20. The van der Waals surface area contributed by atoms with Gasteiger partial charge >= 0.3 is 12.0 Å². The summed E-state index contributed by atoms with van der Waals surface area (Å²) in [6, 6.07) is 6.88. The lowest BCUT2D eigenvalue weighted by molar-refractivity contribution is -0.140. The first-order chi connectivity index (χ1) is 13.8. The Morgan fingerprint density at radius 1 is 1.28 bits per heavy atom. The minimum absolute atomic E-state index is 0.157. The molecule has 2 unspecified atom stereocenters. The van der Waals surface area contributed by atoms with Gasteiger partial charge in [0.05, 0.1) is 6.04 Å². The van der Waals surface area contributed by atoms with Crippen LogP contribution in [0.15, 0.2) is 34.9 Å². The maximum atomic E-state index is 12.3. The van der Waals surface area contributed by atoms with Gasteiger partial charge in [0.15, 0.2) is 5.82 Å². The van der Waals surface area contributed by atoms with Crippen molar-refractivity contribution in [2.75, 3.05) is 5.75 Å². The summed E-state index contributed by atoms with van der Waals surface area (Å²) in [7, 11) is 0. The van der Waals surface area contributed by atoms with Crippen molar-refractivity contribution in [3.05, 3.63) is 47.6 Å². The molecule has 0 fully saturated rings. The predicted molar refractivity (Wildman–Crippen MR) is 111 cm³/mol. The molecule has 0 saturated carbocycles. The largest absolute Gasteiger partial charge is 0.480 e. The number of aliphatic carboxylic acids is 1. The van der Waals surface area contributed by atoms with E-state index in [2.05, 4.69) is 33.4 Å². The molecule has 29 heavy (non-hydrogen) atoms. The molecule has 2 rings (SSSR count). The number of nitrogens with one attached hydrogen (secondary N) is 2. The second-order valence-electron chi connectivity index (χ2n) is 6.84. The lowest BCUT2D eigenvalue weighted by Gasteiger charge is -2.21. The minimum Gasteiger partial charge on any atom is -0.480 e. The topological polar surface area (TPSA) is 143 Å². The first-order valence-corrected chi connectivity index (χ1v) is 10.0. The highest BCUT2D eigenvalue weighted by Gasteiger charge is 2.28. The highest BCUT2D eigenvalue weighted by Crippen LogP contribution is 2.18. The molecule has 0 bridgehead atoms. The van der Waals surface area contributed by atoms with Gasteiger partial charge in [0.1, 0.15) is 12.1 Å². The summed E-state index contributed by atoms with van der Waals surface area (Å²) >= 11 is 4.22. The van der Waals surface area contributed by atoms with Crippen molar-refractivity contribution in [2.45, 2.75) is 44.8 Å². The van der Waals surface area contributed by atoms with Crippen LogP contribution in [0.5, 0.6) is 0 Å². The molecule has 2 aromatic rings. The van der Waals surface area contributed by atoms with Gasteiger partial charge in [0.2, 0.25) is 5.89 Å². The van der Waals surface area contributed by atoms with E-state index in [0.29, 0.717) is 18.7 Å². The molecule has 4 atom stereocenters. The molecule has 0 saturated heterocycles. The van der Waals surface area contributed by atoms with Crippen LogP contribution in [0.25, 0.3) is 0 Å². The van der Waals surface area contributed by atoms with Crippen molar-refractivity contribution < 1.29 is 19.2 Å². The van der Waals surface area contributed by atoms with Gasteiger partial charge in [-0.25, -0.2) is 9.59 Å². The number of carboxylic acid groups (broad SMARTS) is 1. The molecule has 10 heteroatoms. The SMILES string of the molecule is CCC(C)C(NC(=O)N[C@@H](CS)c1nc([C@@H](N)Cc2ccccc2)no1)C(=O)O. The van der Waals surface area contributed by atoms with E-state index in [4.69, 9.17) is 10.3 Å². The molecule has 0 aliphatic heterocycles. The summed E-state index contributed by atoms with van der Waals surface area (Å²) in [5.41, 5.74) is 7.20. The number of carbonyl (C=O) groups excluding carboxylic acids is 1. The van der Waals surface area contributed by atoms with Crippen LogP contribution in [0.3, 0.4) is 0 Å². The molecular weight excluding hydrogens is 394 g/mol. The smallest absolute Gasteiger partial charge is 0.326 e. The first-order valence-electron chi connectivity index (χ1n) is 9.39. The van der Waals surface area contributed by atoms with E-state index in [1.165, 1.54) is 0 Å². The minimum atomic E-state index is -1.09. The number of carbonyl (C=O) groups is 2. The molecular formula is C19H27N5O4S. The van der Waals surface area contributed by atoms with Crippen molar-refractivity contribution >= 4 is 24.6 Å². The number of amides is 2. The van der Waals surface area contributed by atoms with Crippen LogP contribution in [0.1, 0.15) is 49.6 Å². The van der Waals surface area contributed by atoms with Crippen molar-refractivity contribution in [1.82, 2.24) is 20.8 Å². The molecule has 2 amide bonds. The predicted octanol–water partition coefficient (Wildman–Crippen LogP) is 2.08. The van der Waals surface area contributed by atoms with Gasteiger partial charge in [-0.15, -0.1) is 0 Å². The summed E-state index contributed by atoms with van der Waals surface area (Å²) in [5.74, 6) is -0.656. The lowest BCUT2D eigenvalue weighted by Crippen LogP contribution is -2.50. The van der Waals surface area contributed by atoms with Gasteiger partial charge in [-0.2, -0.15) is 17.6 Å². The Morgan fingerprint density at radius 3 is 2.55 bits per heavy atom. The summed E-state index contributed by atoms with van der Waals surface area (Å²) in [6.45, 7) is 3.61. The van der Waals surface area contributed by atoms with Crippen LogP contribution in [0.4, 0.5) is 4.79 Å². The van der Waals surface area contributed by atoms with E-state index in [1.54, 1.807) is 6.92 Å². The monoisotopic (exact) mass is 421 g/mol. The summed E-state index contributed by atoms with van der Waals surface area (Å²) in [5, 5.41) is 18.3. The first kappa shape index (κ1) is 22.7. The molecule has 5 N–H and O–H groups in total. The van der Waals surface area contributed by atoms with Crippen LogP contribution in [-0.4, -0.2) is 39.0 Å². The normalized spacial score (nSPS) is 15.2. The summed E-state index contributed by atoms with van der Waals surface area (Å²) < 4.78 is 5.25. The summed E-state index contributed by atoms with van der Waals surface area (Å²) in [6.07, 6.45) is 1.15. The quantitative estimate of drug-likeness (QED) is 0.370. The third kappa shape index (κ3) is 6.47. The van der Waals surface area contributed by atoms with Crippen molar-refractivity contribution in [2.24, 2.45) is 11.7 Å². The maximum absolute atomic E-state index is 12.3. The molecule has 1 aromatic carbocycles. The number of nitrogens with zero attached hydrogens (tertiary/aromatic N) is 2. The number of benzene rings is 1. The Morgan fingerprint density at radius 2 is 1.97 bits per heavy atom. The lowest BCUT2D eigenvalue weighted by atomic mass is 9.99. The van der Waals surface area contributed by atoms with Gasteiger partial charge in [0.25, 0.3) is 0 Å². The molecule has 0 aliphatic rings. The molecule has 1 heterocycles. The Balaban J connectivity index is 2.01. The summed E-state index contributed by atoms with van der Waals surface area (Å²) in [4.78, 5) is 27.9. The zero-order valence-electron chi connectivity index (χ0n) is 16.4. The van der Waals surface area contributed by atoms with E-state index >= 15 is 0 Å². The molecule has 9 nitrogen and oxygen atoms in total. The fourth-order valence-corrected chi connectivity index (χ4v) is 2.96. The van der Waals surface area contributed by atoms with Gasteiger partial charge in [0, 0.05) is 5.75 Å². The fourth-order valence-electron chi connectivity index (χ4n) is 2.71. The van der Waals surface area contributed by atoms with Crippen LogP contribution >= 0.6 is 12.6 Å². The number of aromatic nitrogens is 2. The van der Waals surface area contributed by atoms with E-state index in [1.807, 2.05) is 37.3 Å². The van der Waals surface area contributed by atoms with E-state index in [0.717, 1.165) is 5.56 Å². The van der Waals surface area contributed by atoms with Crippen LogP contribution in [0.2, 0.25) is 0 Å². The van der Waals surface area contributed by atoms with Crippen LogP contribution in [-0.2, 0) is 11.2 Å². The van der Waals surface area contributed by atoms with Crippen LogP contribution in [0, 0.1) is 5.92 Å². The van der Waals surface area contributed by atoms with Crippen molar-refractivity contribution in [1.29, 1.82) is 0 Å². The standard InChI is InChI=1S/C19H27N5O4S/c1-3-11(2)15(18(25)26)22-19(27)21-14(10-29)17-23-16(24-28-17)13(20)9-12-7-5-4-6-8-12/h4-8,11,13-15,29H,3,9-10,20H2,1-2H3,(H,25,26)(H2,21,22,27)/t11?,13-,14-,15?/m0/s1. The second kappa shape index (κ2) is 10.8. The Kier molecular flexibility index (Phi) is 8.47. The third-order valence-electron chi connectivity index (χ3n) is 4.64. The highest BCUT2D eigenvalue weighted by molar-refractivity contribution is 7.80. The second-order valence-corrected chi connectivity index (χ2v) is 7.21. The van der Waals surface area contributed by atoms with Crippen LogP contribution < -0.4 is 16.4 Å². The fraction of sp³-hybridized carbons (Fsp3) is 0.474. The zero-order chi connectivity index (χ0) is 21.4. The molecule has 1 aromatic heterocycles. The van der Waals surface area contributed by atoms with Gasteiger partial charge < -0.3 is 26.0 Å². The molecule has 0 radical (unpaired) electrons. The highest BCUT2D eigenvalue weighted by atomic mass is 32.1. The zero-order valence-corrected chi connectivity index (χ0v) is 17.3. The average molecular weight is 422 g/mol. The molecule has 0 spiro atoms. The van der Waals surface area contributed by atoms with E-state index in [9.17, 15) is 14.7 Å². The van der Waals surface area contributed by atoms with Crippen molar-refractivity contribution in [3.8, 4) is 0 Å². The number of hydrogen-bond donors (Lipinski definition) is 5. The number of thiol groups is 1. The van der Waals surface area contributed by atoms with Crippen molar-refractivity contribution in [3.63, 3.8) is 0 Å². The Labute approximate surface area is 174 Å². The third-order valence-corrected chi connectivity index (χ3v) is 5.00. The van der Waals surface area contributed by atoms with E-state index < -0.39 is 30.1 Å². The number of rotatable bonds is 10. The Bertz CT molecular complexity index is 801.